The lowest BCUT2D eigenvalue weighted by atomic mass is 9.70. The Morgan fingerprint density at radius 2 is 1.93 bits per heavy atom. The third kappa shape index (κ3) is 2.06. The molecule has 1 saturated carbocycles. The van der Waals surface area contributed by atoms with E-state index >= 15 is 0 Å². The number of hydrogen-bond acceptors (Lipinski definition) is 5. The van der Waals surface area contributed by atoms with Crippen LogP contribution in [0.5, 0.6) is 0 Å². The fourth-order valence-electron chi connectivity index (χ4n) is 5.16. The number of hydrogen-bond donors (Lipinski definition) is 0. The van der Waals surface area contributed by atoms with Crippen LogP contribution < -0.4 is 0 Å². The molecule has 0 aliphatic heterocycles. The summed E-state index contributed by atoms with van der Waals surface area (Å²) < 4.78 is 1.65. The predicted molar refractivity (Wildman–Crippen MR) is 99.4 cm³/mol. The second kappa shape index (κ2) is 5.37. The molecule has 27 heavy (non-hydrogen) atoms. The van der Waals surface area contributed by atoms with E-state index in [1.165, 1.54) is 17.7 Å². The van der Waals surface area contributed by atoms with E-state index in [0.29, 0.717) is 12.3 Å². The average Bonchev–Trinajstić information content (AvgIpc) is 3.15. The molecule has 1 fully saturated rings. The summed E-state index contributed by atoms with van der Waals surface area (Å²) in [5, 5.41) is 27.5. The molecule has 2 atom stereocenters. The van der Waals surface area contributed by atoms with E-state index in [1.807, 2.05) is 6.92 Å². The Morgan fingerprint density at radius 3 is 2.52 bits per heavy atom. The van der Waals surface area contributed by atoms with E-state index in [9.17, 15) is 20.2 Å². The Balaban J connectivity index is 1.96. The number of fused-ring (bicyclic) bond motifs is 5. The van der Waals surface area contributed by atoms with Crippen molar-refractivity contribution in [2.45, 2.75) is 58.3 Å². The number of rotatable bonds is 4. The predicted octanol–water partition coefficient (Wildman–Crippen LogP) is 4.43. The second-order valence-electron chi connectivity index (χ2n) is 8.31. The van der Waals surface area contributed by atoms with Crippen LogP contribution in [-0.2, 0) is 11.8 Å². The molecule has 2 aliphatic carbocycles. The molecule has 142 valence electrons. The van der Waals surface area contributed by atoms with Gasteiger partial charge in [0.1, 0.15) is 5.69 Å². The van der Waals surface area contributed by atoms with Crippen molar-refractivity contribution in [2.24, 2.45) is 5.41 Å². The number of non-ortho nitro benzene ring substituents is 1. The van der Waals surface area contributed by atoms with Crippen LogP contribution in [0.4, 0.5) is 11.4 Å². The maximum Gasteiger partial charge on any atom is 0.301 e. The topological polar surface area (TPSA) is 104 Å². The molecule has 2 aliphatic rings. The van der Waals surface area contributed by atoms with Crippen LogP contribution in [0.25, 0.3) is 5.69 Å². The number of benzene rings is 1. The minimum absolute atomic E-state index is 0.0578. The highest BCUT2D eigenvalue weighted by Gasteiger charge is 2.62. The Hall–Kier alpha value is -2.77. The highest BCUT2D eigenvalue weighted by atomic mass is 16.6. The first-order valence-corrected chi connectivity index (χ1v) is 9.19. The van der Waals surface area contributed by atoms with Crippen molar-refractivity contribution >= 4 is 11.4 Å². The molecule has 8 nitrogen and oxygen atoms in total. The van der Waals surface area contributed by atoms with Crippen LogP contribution in [-0.4, -0.2) is 19.6 Å². The molecule has 4 rings (SSSR count). The lowest BCUT2D eigenvalue weighted by Crippen LogP contribution is -2.32. The minimum Gasteiger partial charge on any atom is -0.258 e. The van der Waals surface area contributed by atoms with Crippen molar-refractivity contribution < 1.29 is 9.85 Å². The summed E-state index contributed by atoms with van der Waals surface area (Å²) in [5.74, 6) is 0.387. The number of nitro groups is 2. The summed E-state index contributed by atoms with van der Waals surface area (Å²) in [6, 6.07) is 3.75. The van der Waals surface area contributed by atoms with Crippen molar-refractivity contribution in [3.63, 3.8) is 0 Å². The second-order valence-corrected chi connectivity index (χ2v) is 8.31. The smallest absolute Gasteiger partial charge is 0.258 e. The van der Waals surface area contributed by atoms with E-state index in [-0.39, 0.29) is 27.9 Å². The standard InChI is InChI=1S/C19H22N4O4/c1-5-13-16-12-8-9-19(4,18(12,2)3)17(16)20-21(13)14-7-6-11(22(24)25)10-15(14)23(26)27/h6-7,10,12H,5,8-9H2,1-4H3. The van der Waals surface area contributed by atoms with Gasteiger partial charge in [-0.25, -0.2) is 4.68 Å². The number of nitro benzene ring substituents is 2. The van der Waals surface area contributed by atoms with Gasteiger partial charge in [-0.1, -0.05) is 27.7 Å². The van der Waals surface area contributed by atoms with Gasteiger partial charge in [0.05, 0.1) is 21.6 Å². The van der Waals surface area contributed by atoms with Crippen LogP contribution in [0.3, 0.4) is 0 Å². The molecule has 8 heteroatoms. The molecule has 0 radical (unpaired) electrons. The number of aromatic nitrogens is 2. The minimum atomic E-state index is -0.621. The molecule has 0 saturated heterocycles. The van der Waals surface area contributed by atoms with Crippen LogP contribution in [0.1, 0.15) is 63.4 Å². The van der Waals surface area contributed by atoms with Gasteiger partial charge in [0.2, 0.25) is 0 Å². The van der Waals surface area contributed by atoms with Gasteiger partial charge < -0.3 is 0 Å². The van der Waals surface area contributed by atoms with Gasteiger partial charge in [-0.3, -0.25) is 20.2 Å². The van der Waals surface area contributed by atoms with Gasteiger partial charge in [0, 0.05) is 22.7 Å². The maximum atomic E-state index is 11.6. The van der Waals surface area contributed by atoms with Crippen LogP contribution in [0, 0.1) is 25.6 Å². The molecule has 1 aromatic heterocycles. The Morgan fingerprint density at radius 1 is 1.22 bits per heavy atom. The summed E-state index contributed by atoms with van der Waals surface area (Å²) in [6.07, 6.45) is 2.84. The molecule has 0 amide bonds. The first-order chi connectivity index (χ1) is 12.6. The maximum absolute atomic E-state index is 11.6. The summed E-state index contributed by atoms with van der Waals surface area (Å²) in [5.41, 5.74) is 2.98. The van der Waals surface area contributed by atoms with Crippen LogP contribution in [0.2, 0.25) is 0 Å². The van der Waals surface area contributed by atoms with Gasteiger partial charge in [-0.05, 0) is 36.7 Å². The van der Waals surface area contributed by atoms with Gasteiger partial charge in [-0.2, -0.15) is 5.10 Å². The van der Waals surface area contributed by atoms with Crippen LogP contribution in [0.15, 0.2) is 18.2 Å². The SMILES string of the molecule is CCc1c2c(nn1-c1ccc([N+](=O)[O-])cc1[N+](=O)[O-])C1(C)CCC2C1(C)C. The van der Waals surface area contributed by atoms with Gasteiger partial charge in [0.15, 0.2) is 0 Å². The largest absolute Gasteiger partial charge is 0.301 e. The Kier molecular flexibility index (Phi) is 3.51. The van der Waals surface area contributed by atoms with E-state index in [1.54, 1.807) is 4.68 Å². The molecular weight excluding hydrogens is 348 g/mol. The highest BCUT2D eigenvalue weighted by molar-refractivity contribution is 5.60. The molecule has 0 N–H and O–H groups in total. The van der Waals surface area contributed by atoms with Crippen LogP contribution >= 0.6 is 0 Å². The van der Waals surface area contributed by atoms with Gasteiger partial charge >= 0.3 is 5.69 Å². The molecule has 2 unspecified atom stereocenters. The molecule has 2 aromatic rings. The van der Waals surface area contributed by atoms with E-state index in [2.05, 4.69) is 20.8 Å². The zero-order valence-corrected chi connectivity index (χ0v) is 15.9. The third-order valence-electron chi connectivity index (χ3n) is 7.05. The first kappa shape index (κ1) is 17.6. The van der Waals surface area contributed by atoms with E-state index in [4.69, 9.17) is 5.10 Å². The van der Waals surface area contributed by atoms with Crippen molar-refractivity contribution in [1.82, 2.24) is 9.78 Å². The molecule has 0 spiro atoms. The molecule has 1 heterocycles. The third-order valence-corrected chi connectivity index (χ3v) is 7.05. The molecule has 1 aromatic carbocycles. The van der Waals surface area contributed by atoms with Gasteiger partial charge in [0.25, 0.3) is 5.69 Å². The summed E-state index contributed by atoms with van der Waals surface area (Å²) >= 11 is 0. The Bertz CT molecular complexity index is 994. The quantitative estimate of drug-likeness (QED) is 0.585. The molecular formula is C19H22N4O4. The zero-order valence-electron chi connectivity index (χ0n) is 15.9. The van der Waals surface area contributed by atoms with Crippen molar-refractivity contribution in [2.75, 3.05) is 0 Å². The Labute approximate surface area is 156 Å². The number of nitrogens with zero attached hydrogens (tertiary/aromatic N) is 4. The highest BCUT2D eigenvalue weighted by Crippen LogP contribution is 2.68. The van der Waals surface area contributed by atoms with Gasteiger partial charge in [-0.15, -0.1) is 0 Å². The molecule has 2 bridgehead atoms. The fraction of sp³-hybridized carbons (Fsp3) is 0.526. The monoisotopic (exact) mass is 370 g/mol. The van der Waals surface area contributed by atoms with Crippen molar-refractivity contribution in [1.29, 1.82) is 0 Å². The summed E-state index contributed by atoms with van der Waals surface area (Å²) in [4.78, 5) is 21.4. The van der Waals surface area contributed by atoms with E-state index in [0.717, 1.165) is 30.3 Å². The normalized spacial score (nSPS) is 24.8. The fourth-order valence-corrected chi connectivity index (χ4v) is 5.16. The zero-order chi connectivity index (χ0) is 19.7. The van der Waals surface area contributed by atoms with E-state index < -0.39 is 9.85 Å². The summed E-state index contributed by atoms with van der Waals surface area (Å²) in [6.45, 7) is 8.82. The van der Waals surface area contributed by atoms with Crippen molar-refractivity contribution in [3.8, 4) is 5.69 Å². The lowest BCUT2D eigenvalue weighted by molar-refractivity contribution is -0.394. The summed E-state index contributed by atoms with van der Waals surface area (Å²) in [7, 11) is 0. The first-order valence-electron chi connectivity index (χ1n) is 9.19. The average molecular weight is 370 g/mol. The van der Waals surface area contributed by atoms with Crippen molar-refractivity contribution in [3.05, 3.63) is 55.4 Å². The lowest BCUT2D eigenvalue weighted by Gasteiger charge is -2.34.